The molecule has 1 N–H and O–H groups in total. The molecule has 2 heteroatoms. The summed E-state index contributed by atoms with van der Waals surface area (Å²) < 4.78 is 0. The van der Waals surface area contributed by atoms with Gasteiger partial charge in [-0.3, -0.25) is 0 Å². The lowest BCUT2D eigenvalue weighted by atomic mass is 9.86. The molecule has 0 saturated heterocycles. The van der Waals surface area contributed by atoms with Crippen molar-refractivity contribution in [2.75, 3.05) is 26.7 Å². The first-order valence-electron chi connectivity index (χ1n) is 6.73. The van der Waals surface area contributed by atoms with E-state index in [1.54, 1.807) is 0 Å². The Labute approximate surface area is 103 Å². The molecular formula is C14H32N2. The molecule has 98 valence electrons. The molecule has 0 heterocycles. The monoisotopic (exact) mass is 228 g/mol. The third-order valence-electron chi connectivity index (χ3n) is 3.37. The van der Waals surface area contributed by atoms with Crippen LogP contribution < -0.4 is 5.32 Å². The van der Waals surface area contributed by atoms with Gasteiger partial charge in [-0.1, -0.05) is 27.7 Å². The maximum Gasteiger partial charge on any atom is 0.00502 e. The Bertz CT molecular complexity index is 178. The highest BCUT2D eigenvalue weighted by molar-refractivity contribution is 4.81. The molecule has 0 aromatic carbocycles. The van der Waals surface area contributed by atoms with Crippen LogP contribution in [0.2, 0.25) is 0 Å². The summed E-state index contributed by atoms with van der Waals surface area (Å²) in [6, 6.07) is 0.644. The van der Waals surface area contributed by atoms with E-state index in [-0.39, 0.29) is 0 Å². The summed E-state index contributed by atoms with van der Waals surface area (Å²) in [6.07, 6.45) is 1.23. The van der Waals surface area contributed by atoms with Gasteiger partial charge in [0.15, 0.2) is 0 Å². The summed E-state index contributed by atoms with van der Waals surface area (Å²) in [5.41, 5.74) is 0.397. The molecule has 0 radical (unpaired) electrons. The van der Waals surface area contributed by atoms with Gasteiger partial charge in [-0.05, 0) is 38.6 Å². The molecule has 0 saturated carbocycles. The van der Waals surface area contributed by atoms with Crippen LogP contribution in [-0.4, -0.2) is 37.6 Å². The zero-order valence-electron chi connectivity index (χ0n) is 12.4. The fourth-order valence-electron chi connectivity index (χ4n) is 2.14. The van der Waals surface area contributed by atoms with Gasteiger partial charge in [0.1, 0.15) is 0 Å². The van der Waals surface area contributed by atoms with E-state index in [4.69, 9.17) is 0 Å². The fraction of sp³-hybridized carbons (Fsp3) is 1.00. The van der Waals surface area contributed by atoms with Crippen molar-refractivity contribution in [2.45, 2.75) is 54.0 Å². The molecule has 0 aromatic heterocycles. The normalized spacial score (nSPS) is 16.1. The van der Waals surface area contributed by atoms with Gasteiger partial charge in [0.25, 0.3) is 0 Å². The molecule has 2 nitrogen and oxygen atoms in total. The van der Waals surface area contributed by atoms with Crippen molar-refractivity contribution in [2.24, 2.45) is 11.3 Å². The second-order valence-corrected chi connectivity index (χ2v) is 6.11. The topological polar surface area (TPSA) is 15.3 Å². The van der Waals surface area contributed by atoms with Crippen LogP contribution in [0.4, 0.5) is 0 Å². The molecule has 16 heavy (non-hydrogen) atoms. The fourth-order valence-corrected chi connectivity index (χ4v) is 2.14. The molecule has 0 spiro atoms. The maximum atomic E-state index is 3.33. The van der Waals surface area contributed by atoms with E-state index in [9.17, 15) is 0 Å². The van der Waals surface area contributed by atoms with Gasteiger partial charge >= 0.3 is 0 Å². The van der Waals surface area contributed by atoms with Crippen LogP contribution in [0.15, 0.2) is 0 Å². The minimum atomic E-state index is 0.397. The van der Waals surface area contributed by atoms with Gasteiger partial charge in [0.05, 0.1) is 0 Å². The number of hydrogen-bond donors (Lipinski definition) is 1. The van der Waals surface area contributed by atoms with Gasteiger partial charge in [0, 0.05) is 25.7 Å². The van der Waals surface area contributed by atoms with Gasteiger partial charge in [0.2, 0.25) is 0 Å². The Balaban J connectivity index is 4.45. The predicted molar refractivity (Wildman–Crippen MR) is 73.9 cm³/mol. The first-order valence-corrected chi connectivity index (χ1v) is 6.73. The van der Waals surface area contributed by atoms with Crippen molar-refractivity contribution in [3.63, 3.8) is 0 Å². The van der Waals surface area contributed by atoms with E-state index in [0.717, 1.165) is 12.5 Å². The van der Waals surface area contributed by atoms with E-state index in [2.05, 4.69) is 58.8 Å². The largest absolute Gasteiger partial charge is 0.319 e. The lowest BCUT2D eigenvalue weighted by Gasteiger charge is -2.38. The first-order chi connectivity index (χ1) is 7.34. The van der Waals surface area contributed by atoms with E-state index in [0.29, 0.717) is 11.5 Å². The Morgan fingerprint density at radius 1 is 1.19 bits per heavy atom. The second-order valence-electron chi connectivity index (χ2n) is 6.11. The van der Waals surface area contributed by atoms with Crippen LogP contribution in [0.1, 0.15) is 48.0 Å². The van der Waals surface area contributed by atoms with Crippen LogP contribution in [0.5, 0.6) is 0 Å². The van der Waals surface area contributed by atoms with Crippen molar-refractivity contribution < 1.29 is 0 Å². The molecule has 0 aliphatic carbocycles. The smallest absolute Gasteiger partial charge is 0.00502 e. The number of nitrogens with one attached hydrogen (secondary N) is 1. The first kappa shape index (κ1) is 15.9. The van der Waals surface area contributed by atoms with Crippen LogP contribution in [-0.2, 0) is 0 Å². The van der Waals surface area contributed by atoms with Crippen LogP contribution in [0.3, 0.4) is 0 Å². The van der Waals surface area contributed by atoms with E-state index in [1.807, 2.05) is 0 Å². The van der Waals surface area contributed by atoms with Crippen LogP contribution >= 0.6 is 0 Å². The number of rotatable bonds is 8. The van der Waals surface area contributed by atoms with E-state index in [1.165, 1.54) is 19.5 Å². The molecule has 0 aliphatic rings. The van der Waals surface area contributed by atoms with Crippen molar-refractivity contribution in [1.29, 1.82) is 0 Å². The third-order valence-corrected chi connectivity index (χ3v) is 3.37. The molecule has 0 aliphatic heterocycles. The van der Waals surface area contributed by atoms with Crippen LogP contribution in [0, 0.1) is 11.3 Å². The zero-order chi connectivity index (χ0) is 12.8. The highest BCUT2D eigenvalue weighted by atomic mass is 15.2. The summed E-state index contributed by atoms with van der Waals surface area (Å²) in [5, 5.41) is 3.33. The van der Waals surface area contributed by atoms with E-state index >= 15 is 0 Å². The lowest BCUT2D eigenvalue weighted by Crippen LogP contribution is -2.45. The Morgan fingerprint density at radius 3 is 2.06 bits per heavy atom. The summed E-state index contributed by atoms with van der Waals surface area (Å²) in [7, 11) is 2.05. The molecule has 0 amide bonds. The molecule has 0 aromatic rings. The molecule has 1 unspecified atom stereocenters. The Hall–Kier alpha value is -0.0800. The molecule has 0 fully saturated rings. The van der Waals surface area contributed by atoms with Gasteiger partial charge in [-0.2, -0.15) is 0 Å². The number of nitrogens with zero attached hydrogens (tertiary/aromatic N) is 1. The van der Waals surface area contributed by atoms with Crippen LogP contribution in [0.25, 0.3) is 0 Å². The maximum absolute atomic E-state index is 3.33. The van der Waals surface area contributed by atoms with Crippen molar-refractivity contribution in [3.8, 4) is 0 Å². The molecule has 1 atom stereocenters. The number of hydrogen-bond acceptors (Lipinski definition) is 2. The highest BCUT2D eigenvalue weighted by Crippen LogP contribution is 2.23. The Morgan fingerprint density at radius 2 is 1.75 bits per heavy atom. The minimum Gasteiger partial charge on any atom is -0.319 e. The summed E-state index contributed by atoms with van der Waals surface area (Å²) >= 11 is 0. The standard InChI is InChI=1S/C14H32N2/c1-8-14(6,10-15-7)11-16(13(4)5)9-12(2)3/h12-13,15H,8-11H2,1-7H3. The summed E-state index contributed by atoms with van der Waals surface area (Å²) in [6.45, 7) is 17.4. The summed E-state index contributed by atoms with van der Waals surface area (Å²) in [5.74, 6) is 0.748. The van der Waals surface area contributed by atoms with Crippen molar-refractivity contribution in [3.05, 3.63) is 0 Å². The molecular weight excluding hydrogens is 196 g/mol. The summed E-state index contributed by atoms with van der Waals surface area (Å²) in [4.78, 5) is 2.62. The SMILES string of the molecule is CCC(C)(CNC)CN(CC(C)C)C(C)C. The quantitative estimate of drug-likeness (QED) is 0.687. The second kappa shape index (κ2) is 7.29. The lowest BCUT2D eigenvalue weighted by molar-refractivity contribution is 0.116. The predicted octanol–water partition coefficient (Wildman–Crippen LogP) is 2.99. The highest BCUT2D eigenvalue weighted by Gasteiger charge is 2.26. The van der Waals surface area contributed by atoms with E-state index < -0.39 is 0 Å². The van der Waals surface area contributed by atoms with Gasteiger partial charge in [-0.15, -0.1) is 0 Å². The Kier molecular flexibility index (Phi) is 7.25. The van der Waals surface area contributed by atoms with Crippen molar-refractivity contribution in [1.82, 2.24) is 10.2 Å². The molecule has 0 bridgehead atoms. The van der Waals surface area contributed by atoms with Gasteiger partial charge < -0.3 is 10.2 Å². The third kappa shape index (κ3) is 5.86. The zero-order valence-corrected chi connectivity index (χ0v) is 12.4. The minimum absolute atomic E-state index is 0.397. The average Bonchev–Trinajstić information content (AvgIpc) is 2.16. The van der Waals surface area contributed by atoms with Gasteiger partial charge in [-0.25, -0.2) is 0 Å². The average molecular weight is 228 g/mol. The molecule has 0 rings (SSSR count). The van der Waals surface area contributed by atoms with Crippen molar-refractivity contribution >= 4 is 0 Å².